The average Bonchev–Trinajstić information content (AvgIpc) is 2.85. The minimum Gasteiger partial charge on any atom is -0.325 e. The van der Waals surface area contributed by atoms with Gasteiger partial charge in [0.15, 0.2) is 0 Å². The van der Waals surface area contributed by atoms with Crippen LogP contribution in [0.1, 0.15) is 11.3 Å². The third-order valence-corrected chi connectivity index (χ3v) is 7.60. The van der Waals surface area contributed by atoms with Gasteiger partial charge < -0.3 is 10.3 Å². The Morgan fingerprint density at radius 3 is 2.42 bits per heavy atom. The van der Waals surface area contributed by atoms with Gasteiger partial charge in [-0.1, -0.05) is 58.4 Å². The first-order valence-electron chi connectivity index (χ1n) is 11.0. The Hall–Kier alpha value is -3.60. The zero-order valence-electron chi connectivity index (χ0n) is 19.3. The number of hydrogen-bond donors (Lipinski definition) is 2. The number of sulfonamides is 1. The number of aryl methyl sites for hydroxylation is 1. The van der Waals surface area contributed by atoms with Gasteiger partial charge in [0.1, 0.15) is 5.82 Å². The van der Waals surface area contributed by atoms with E-state index in [0.717, 1.165) is 14.3 Å². The number of halogens is 1. The van der Waals surface area contributed by atoms with Gasteiger partial charge in [-0.3, -0.25) is 9.59 Å². The van der Waals surface area contributed by atoms with E-state index >= 15 is 0 Å². The minimum absolute atomic E-state index is 0.0203. The van der Waals surface area contributed by atoms with Crippen LogP contribution in [-0.2, 0) is 21.4 Å². The minimum atomic E-state index is -3.95. The molecule has 8 nitrogen and oxygen atoms in total. The van der Waals surface area contributed by atoms with Crippen molar-refractivity contribution in [3.63, 3.8) is 0 Å². The molecule has 10 heteroatoms. The number of benzene rings is 3. The quantitative estimate of drug-likeness (QED) is 0.329. The standard InChI is InChI=1S/C26H23BrN4O4S/c1-18-14-24(32)30-26(28-18)20-6-5-7-22(15-20)29-25(33)17-31(16-19-10-12-21(27)13-11-19)36(34,35)23-8-3-2-4-9-23/h2-15H,16-17H2,1H3,(H,29,33)(H,28,30,32). The summed E-state index contributed by atoms with van der Waals surface area (Å²) in [6.07, 6.45) is 0. The van der Waals surface area contributed by atoms with Crippen LogP contribution in [0.3, 0.4) is 0 Å². The lowest BCUT2D eigenvalue weighted by molar-refractivity contribution is -0.116. The molecule has 0 aliphatic heterocycles. The van der Waals surface area contributed by atoms with Crippen molar-refractivity contribution >= 4 is 37.5 Å². The summed E-state index contributed by atoms with van der Waals surface area (Å²) >= 11 is 3.38. The molecular weight excluding hydrogens is 544 g/mol. The van der Waals surface area contributed by atoms with Crippen molar-refractivity contribution in [2.24, 2.45) is 0 Å². The first-order chi connectivity index (χ1) is 17.2. The Labute approximate surface area is 217 Å². The van der Waals surface area contributed by atoms with Gasteiger partial charge in [0.25, 0.3) is 5.56 Å². The van der Waals surface area contributed by atoms with Crippen LogP contribution in [0.2, 0.25) is 0 Å². The van der Waals surface area contributed by atoms with Gasteiger partial charge in [-0.25, -0.2) is 13.4 Å². The highest BCUT2D eigenvalue weighted by atomic mass is 79.9. The molecule has 0 spiro atoms. The third-order valence-electron chi connectivity index (χ3n) is 5.26. The Kier molecular flexibility index (Phi) is 7.78. The molecule has 4 rings (SSSR count). The molecule has 0 saturated carbocycles. The van der Waals surface area contributed by atoms with Crippen LogP contribution in [0.25, 0.3) is 11.4 Å². The number of rotatable bonds is 8. The maximum Gasteiger partial charge on any atom is 0.251 e. The highest BCUT2D eigenvalue weighted by molar-refractivity contribution is 9.10. The predicted molar refractivity (Wildman–Crippen MR) is 142 cm³/mol. The van der Waals surface area contributed by atoms with Crippen LogP contribution in [-0.4, -0.2) is 35.1 Å². The molecule has 0 aliphatic carbocycles. The number of carbonyl (C=O) groups is 1. The largest absolute Gasteiger partial charge is 0.325 e. The number of aromatic amines is 1. The van der Waals surface area contributed by atoms with E-state index in [1.807, 2.05) is 12.1 Å². The molecule has 1 aromatic heterocycles. The Balaban J connectivity index is 1.58. The lowest BCUT2D eigenvalue weighted by Gasteiger charge is -2.22. The summed E-state index contributed by atoms with van der Waals surface area (Å²) in [6, 6.07) is 23.5. The number of H-pyrrole nitrogens is 1. The second kappa shape index (κ2) is 11.0. The summed E-state index contributed by atoms with van der Waals surface area (Å²) in [4.78, 5) is 31.9. The Morgan fingerprint density at radius 1 is 1.00 bits per heavy atom. The molecule has 1 heterocycles. The van der Waals surface area contributed by atoms with Crippen LogP contribution >= 0.6 is 15.9 Å². The molecule has 2 N–H and O–H groups in total. The number of amides is 1. The zero-order chi connectivity index (χ0) is 25.7. The molecule has 0 radical (unpaired) electrons. The van der Waals surface area contributed by atoms with E-state index in [-0.39, 0.29) is 17.0 Å². The van der Waals surface area contributed by atoms with Crippen molar-refractivity contribution < 1.29 is 13.2 Å². The summed E-state index contributed by atoms with van der Waals surface area (Å²) in [5, 5.41) is 2.76. The third kappa shape index (κ3) is 6.34. The maximum atomic E-state index is 13.4. The highest BCUT2D eigenvalue weighted by Crippen LogP contribution is 2.21. The fourth-order valence-electron chi connectivity index (χ4n) is 3.58. The van der Waals surface area contributed by atoms with Gasteiger partial charge in [-0.2, -0.15) is 4.31 Å². The maximum absolute atomic E-state index is 13.4. The Morgan fingerprint density at radius 2 is 1.72 bits per heavy atom. The van der Waals surface area contributed by atoms with E-state index in [9.17, 15) is 18.0 Å². The van der Waals surface area contributed by atoms with E-state index in [1.54, 1.807) is 61.5 Å². The van der Waals surface area contributed by atoms with Gasteiger partial charge in [-0.05, 0) is 48.9 Å². The number of hydrogen-bond acceptors (Lipinski definition) is 5. The molecule has 0 fully saturated rings. The smallest absolute Gasteiger partial charge is 0.251 e. The molecule has 0 bridgehead atoms. The fourth-order valence-corrected chi connectivity index (χ4v) is 5.25. The van der Waals surface area contributed by atoms with Crippen LogP contribution in [0.5, 0.6) is 0 Å². The zero-order valence-corrected chi connectivity index (χ0v) is 21.7. The molecule has 0 unspecified atom stereocenters. The van der Waals surface area contributed by atoms with E-state index in [0.29, 0.717) is 22.8 Å². The molecule has 0 saturated heterocycles. The summed E-state index contributed by atoms with van der Waals surface area (Å²) in [6.45, 7) is 1.35. The van der Waals surface area contributed by atoms with Gasteiger partial charge in [0.2, 0.25) is 15.9 Å². The molecule has 36 heavy (non-hydrogen) atoms. The van der Waals surface area contributed by atoms with Gasteiger partial charge in [0, 0.05) is 34.0 Å². The monoisotopic (exact) mass is 566 g/mol. The number of nitrogens with zero attached hydrogens (tertiary/aromatic N) is 2. The molecule has 1 amide bonds. The van der Waals surface area contributed by atoms with Crippen molar-refractivity contribution in [2.75, 3.05) is 11.9 Å². The summed E-state index contributed by atoms with van der Waals surface area (Å²) in [5.41, 5.74) is 2.08. The molecular formula is C26H23BrN4O4S. The number of nitrogens with one attached hydrogen (secondary N) is 2. The van der Waals surface area contributed by atoms with Crippen molar-refractivity contribution in [2.45, 2.75) is 18.4 Å². The molecule has 0 aliphatic rings. The summed E-state index contributed by atoms with van der Waals surface area (Å²) in [5.74, 6) is -0.130. The topological polar surface area (TPSA) is 112 Å². The molecule has 184 valence electrons. The Bertz CT molecular complexity index is 1540. The van der Waals surface area contributed by atoms with Gasteiger partial charge in [0.05, 0.1) is 11.4 Å². The van der Waals surface area contributed by atoms with Crippen molar-refractivity contribution in [3.8, 4) is 11.4 Å². The second-order valence-corrected chi connectivity index (χ2v) is 10.9. The number of carbonyl (C=O) groups excluding carboxylic acids is 1. The molecule has 0 atom stereocenters. The average molecular weight is 567 g/mol. The van der Waals surface area contributed by atoms with Crippen molar-refractivity contribution in [1.29, 1.82) is 0 Å². The van der Waals surface area contributed by atoms with Crippen LogP contribution in [0.15, 0.2) is 99.1 Å². The molecule has 3 aromatic carbocycles. The van der Waals surface area contributed by atoms with Crippen LogP contribution in [0, 0.1) is 6.92 Å². The predicted octanol–water partition coefficient (Wildman–Crippen LogP) is 4.34. The summed E-state index contributed by atoms with van der Waals surface area (Å²) in [7, 11) is -3.95. The SMILES string of the molecule is Cc1cc(=O)[nH]c(-c2cccc(NC(=O)CN(Cc3ccc(Br)cc3)S(=O)(=O)c3ccccc3)c2)n1. The van der Waals surface area contributed by atoms with Crippen LogP contribution in [0.4, 0.5) is 5.69 Å². The van der Waals surface area contributed by atoms with Gasteiger partial charge >= 0.3 is 0 Å². The van der Waals surface area contributed by atoms with E-state index in [2.05, 4.69) is 31.2 Å². The number of aromatic nitrogens is 2. The van der Waals surface area contributed by atoms with Crippen LogP contribution < -0.4 is 10.9 Å². The molecule has 4 aromatic rings. The van der Waals surface area contributed by atoms with E-state index in [1.165, 1.54) is 18.2 Å². The first-order valence-corrected chi connectivity index (χ1v) is 13.2. The first kappa shape index (κ1) is 25.5. The van der Waals surface area contributed by atoms with Crippen molar-refractivity contribution in [3.05, 3.63) is 111 Å². The lowest BCUT2D eigenvalue weighted by atomic mass is 10.2. The van der Waals surface area contributed by atoms with Crippen molar-refractivity contribution in [1.82, 2.24) is 14.3 Å². The normalized spacial score (nSPS) is 11.4. The summed E-state index contributed by atoms with van der Waals surface area (Å²) < 4.78 is 28.8. The lowest BCUT2D eigenvalue weighted by Crippen LogP contribution is -2.37. The fraction of sp³-hybridized carbons (Fsp3) is 0.115. The number of anilines is 1. The highest BCUT2D eigenvalue weighted by Gasteiger charge is 2.27. The van der Waals surface area contributed by atoms with Gasteiger partial charge in [-0.15, -0.1) is 0 Å². The second-order valence-electron chi connectivity index (χ2n) is 8.08. The van der Waals surface area contributed by atoms with E-state index in [4.69, 9.17) is 0 Å². The van der Waals surface area contributed by atoms with E-state index < -0.39 is 22.5 Å².